The molecule has 3 saturated carbocycles. The number of H-pyrrole nitrogens is 3. The van der Waals surface area contributed by atoms with Crippen molar-refractivity contribution in [3.8, 4) is 39.9 Å². The summed E-state index contributed by atoms with van der Waals surface area (Å²) in [6.07, 6.45) is 32.9. The van der Waals surface area contributed by atoms with Gasteiger partial charge >= 0.3 is 54.6 Å². The van der Waals surface area contributed by atoms with E-state index in [1.165, 1.54) is 71.3 Å². The van der Waals surface area contributed by atoms with Crippen LogP contribution in [0, 0.1) is 10.1 Å². The van der Waals surface area contributed by atoms with Gasteiger partial charge in [0.15, 0.2) is 5.75 Å². The summed E-state index contributed by atoms with van der Waals surface area (Å²) in [4.78, 5) is 133. The fourth-order valence-corrected chi connectivity index (χ4v) is 18.0. The van der Waals surface area contributed by atoms with Crippen LogP contribution in [0.2, 0.25) is 0 Å². The van der Waals surface area contributed by atoms with Gasteiger partial charge in [0.05, 0.1) is 93.3 Å². The number of carboxylic acids is 1. The van der Waals surface area contributed by atoms with Gasteiger partial charge in [-0.25, -0.2) is 29.3 Å². The first-order valence-electron chi connectivity index (χ1n) is 43.2. The van der Waals surface area contributed by atoms with Gasteiger partial charge in [-0.2, -0.15) is 0 Å². The molecule has 3 amide bonds. The number of nitro benzene ring substituents is 1. The molecule has 0 spiro atoms. The molecule has 0 bridgehead atoms. The minimum atomic E-state index is -1.13. The number of fused-ring (bicyclic) bond motifs is 6. The largest absolute Gasteiger partial charge is 0.699 e. The minimum absolute atomic E-state index is 0. The Labute approximate surface area is 787 Å². The molecule has 3 aliphatic carbocycles. The van der Waals surface area contributed by atoms with Crippen LogP contribution in [0.15, 0.2) is 206 Å². The summed E-state index contributed by atoms with van der Waals surface area (Å²) >= 11 is -0.826. The Morgan fingerprint density at radius 2 is 0.886 bits per heavy atom. The van der Waals surface area contributed by atoms with E-state index in [1.807, 2.05) is 60.8 Å². The first-order valence-corrected chi connectivity index (χ1v) is 50.5. The summed E-state index contributed by atoms with van der Waals surface area (Å²) in [5, 5.41) is 40.6. The number of esters is 2. The number of carboxylic acid groups (broad SMARTS) is 1. The molecule has 3 atom stereocenters. The summed E-state index contributed by atoms with van der Waals surface area (Å²) in [5.74, 6) is -1.51. The minimum Gasteiger partial charge on any atom is -0.699 e. The van der Waals surface area contributed by atoms with Crippen molar-refractivity contribution in [2.24, 2.45) is 0 Å². The standard InChI is InChI=1S/C30H29N5O6.C30H31N5O4.C29H28N5O4.C7H8O3.2ClH.Sn.W/c1-40-30(37)26(14-20-16-31-24-9-8-22(35(38)39)15-23(20)24)33-29(36)18-7-10-27-25(13-18)32-28(19-11-12-41-17-19)34(27)21-5-3-2-4-6-21;1-38-30(37)26(14-20-16-32-24-9-8-21(31)15-23(20)24)34-29(36)18-7-10-27-25(13-18)33-28(19-11-12-39-17-19)35(27)22-5-3-2-4-6-22;30-20-7-8-23-22(14-20)19(15-31-23)13-25(29(36)37)33-28(35)17-6-9-26-24(12-17)32-27(18-10-11-38-16-18)34(26)21-4-2-1-3-5-21;1-3(2)4-5(8)7(10)6(4)9;;;;/h7-13,15-17,21,26,31H,2-6,14H2,1H3,(H,33,36);7-13,15-17,22,26,32H,2-6,14,31H2,1H3,(H,34,36);6-12,14-16,21,25,30-31H,1-5,13H2,(H,33,35)(H,36,37);3,8H,1-2H3;2*1H;;/q;;-1;;;;+2;/p-2/t2*26-;25-;;;;;/m000...../s1. The van der Waals surface area contributed by atoms with Gasteiger partial charge in [0, 0.05) is 144 Å². The molecule has 3 aliphatic rings. The number of hydrogen-bond acceptors (Lipinski definition) is 20. The number of hydrogen-bond donors (Lipinski definition) is 9. The maximum atomic E-state index is 13.4. The number of furan rings is 3. The zero-order valence-electron chi connectivity index (χ0n) is 72.5. The van der Waals surface area contributed by atoms with Gasteiger partial charge < -0.3 is 89.0 Å². The summed E-state index contributed by atoms with van der Waals surface area (Å²) in [7, 11) is 12.4. The zero-order chi connectivity index (χ0) is 92.3. The van der Waals surface area contributed by atoms with Gasteiger partial charge in [0.1, 0.15) is 54.4 Å². The van der Waals surface area contributed by atoms with E-state index in [2.05, 4.69) is 44.6 Å². The molecule has 0 unspecified atom stereocenters. The molecule has 132 heavy (non-hydrogen) atoms. The monoisotopic (exact) mass is 2100 g/mol. The fourth-order valence-electron chi connectivity index (χ4n) is 18.0. The first-order chi connectivity index (χ1) is 63.4. The van der Waals surface area contributed by atoms with Gasteiger partial charge in [-0.1, -0.05) is 83.8 Å². The van der Waals surface area contributed by atoms with Crippen LogP contribution < -0.4 is 32.5 Å². The van der Waals surface area contributed by atoms with E-state index in [0.717, 1.165) is 141 Å². The average molecular weight is 2110 g/mol. The first kappa shape index (κ1) is 95.1. The van der Waals surface area contributed by atoms with E-state index in [0.29, 0.717) is 73.7 Å². The maximum Gasteiger partial charge on any atom is 0.326 e. The van der Waals surface area contributed by atoms with Gasteiger partial charge in [-0.05, 0) is 164 Å². The molecular formula is C96H96Cl2N15O17SnW-. The Balaban J connectivity index is 0.000000148. The van der Waals surface area contributed by atoms with E-state index in [4.69, 9.17) is 72.1 Å². The number of methoxy groups -OCH3 is 2. The third kappa shape index (κ3) is 21.1. The molecule has 11 N–H and O–H groups in total. The SMILES string of the molecule is CC(C)c1c(O)c(=O)c1=O.COC(=O)[C@H](Cc1c[nH]c2ccc(N)cc12)NC(=O)c1ccc2c(c1)nc(-c1ccoc1)n2C1CCCCC1.COC(=O)[C@H](Cc1c[nH]c2ccc([N+](=O)[O-])cc12)NC(=O)c1ccc2c(c1)nc(-c1ccoc1)n2C1CCCCC1.[Cl][Sn][Cl].[NH-]c1ccc2[nH]cc(C[C@H](NC(=O)c3ccc4c(c3)nc(-c3ccoc3)n4C3CCCCC3)C(=O)O)c2c1.[W]. The summed E-state index contributed by atoms with van der Waals surface area (Å²) in [5.41, 5.74) is 27.2. The third-order valence-corrected chi connectivity index (χ3v) is 24.5. The molecule has 3 fully saturated rings. The van der Waals surface area contributed by atoms with Crippen molar-refractivity contribution in [1.82, 2.24) is 59.6 Å². The van der Waals surface area contributed by atoms with Crippen molar-refractivity contribution in [3.63, 3.8) is 0 Å². The predicted octanol–water partition coefficient (Wildman–Crippen LogP) is 18.6. The number of rotatable bonds is 23. The number of aromatic amines is 3. The topological polar surface area (TPSA) is 465 Å². The Hall–Kier alpha value is -13.0. The molecule has 0 aliphatic heterocycles. The van der Waals surface area contributed by atoms with Crippen LogP contribution in [0.3, 0.4) is 0 Å². The number of carbonyl (C=O) groups is 6. The number of nitrogens with zero attached hydrogens (tertiary/aromatic N) is 7. The molecular weight excluding hydrogens is 2010 g/mol. The summed E-state index contributed by atoms with van der Waals surface area (Å²) in [6.45, 7) is 3.52. The summed E-state index contributed by atoms with van der Waals surface area (Å²) < 4.78 is 32.8. The van der Waals surface area contributed by atoms with E-state index in [-0.39, 0.29) is 69.2 Å². The number of carbonyl (C=O) groups excluding carboxylic acids is 5. The quantitative estimate of drug-likeness (QED) is 0.00717. The molecule has 19 rings (SSSR count). The molecule has 682 valence electrons. The van der Waals surface area contributed by atoms with Crippen molar-refractivity contribution in [2.45, 2.75) is 172 Å². The van der Waals surface area contributed by atoms with Crippen molar-refractivity contribution in [3.05, 3.63) is 259 Å². The van der Waals surface area contributed by atoms with Crippen LogP contribution >= 0.6 is 17.8 Å². The number of ether oxygens (including phenoxy) is 2. The Bertz CT molecular complexity index is 6910. The van der Waals surface area contributed by atoms with E-state index in [9.17, 15) is 53.6 Å². The van der Waals surface area contributed by atoms with Crippen molar-refractivity contribution in [2.75, 3.05) is 20.0 Å². The van der Waals surface area contributed by atoms with Crippen molar-refractivity contribution < 1.29 is 87.7 Å². The fraction of sp³-hybridized carbons (Fsp3) is 0.302. The smallest absolute Gasteiger partial charge is 0.326 e. The van der Waals surface area contributed by atoms with Gasteiger partial charge in [0.25, 0.3) is 28.8 Å². The number of nitrogen functional groups attached to an aromatic ring is 1. The molecule has 0 saturated heterocycles. The van der Waals surface area contributed by atoms with Crippen LogP contribution in [0.25, 0.3) is 106 Å². The maximum absolute atomic E-state index is 13.4. The number of aliphatic carboxylic acids is 1. The number of aromatic nitrogens is 9. The van der Waals surface area contributed by atoms with Gasteiger partial charge in [0.2, 0.25) is 5.43 Å². The number of benzene rings is 6. The molecule has 36 heteroatoms. The second-order valence-corrected chi connectivity index (χ2v) is 37.4. The van der Waals surface area contributed by atoms with Crippen LogP contribution in [0.4, 0.5) is 17.1 Å². The third-order valence-electron chi connectivity index (χ3n) is 24.5. The second kappa shape index (κ2) is 42.9. The number of halogens is 2. The van der Waals surface area contributed by atoms with Gasteiger partial charge in [-0.15, -0.1) is 5.69 Å². The molecule has 9 aromatic heterocycles. The van der Waals surface area contributed by atoms with Crippen LogP contribution in [0.5, 0.6) is 5.75 Å². The van der Waals surface area contributed by atoms with Crippen molar-refractivity contribution in [1.29, 1.82) is 0 Å². The van der Waals surface area contributed by atoms with E-state index >= 15 is 0 Å². The molecule has 9 heterocycles. The number of imidazole rings is 3. The number of anilines is 1. The molecule has 16 aromatic rings. The zero-order valence-corrected chi connectivity index (χ0v) is 79.8. The molecule has 2 radical (unpaired) electrons. The van der Waals surface area contributed by atoms with Crippen molar-refractivity contribution >= 4 is 155 Å². The Kier molecular flexibility index (Phi) is 30.9. The Morgan fingerprint density at radius 3 is 1.23 bits per heavy atom. The van der Waals surface area contributed by atoms with Gasteiger partial charge in [-0.3, -0.25) is 34.1 Å². The number of aromatic hydroxyl groups is 1. The number of non-ortho nitro benzene ring substituents is 1. The summed E-state index contributed by atoms with van der Waals surface area (Å²) in [6, 6.07) is 35.1. The number of amides is 3. The van der Waals surface area contributed by atoms with E-state index in [1.54, 1.807) is 124 Å². The number of nitrogens with one attached hydrogen (secondary N) is 7. The van der Waals surface area contributed by atoms with Crippen LogP contribution in [-0.4, -0.2) is 146 Å². The second-order valence-electron chi connectivity index (χ2n) is 33.2. The average Bonchev–Trinajstić information content (AvgIpc) is 1.60. The molecule has 32 nitrogen and oxygen atoms in total. The Morgan fingerprint density at radius 1 is 0.530 bits per heavy atom. The van der Waals surface area contributed by atoms with Crippen LogP contribution in [-0.2, 0) is 64.2 Å². The number of nitro groups is 1. The molecule has 7 aromatic carbocycles. The predicted molar refractivity (Wildman–Crippen MR) is 500 cm³/mol. The number of nitrogens with two attached hydrogens (primary N) is 1. The van der Waals surface area contributed by atoms with E-state index < -0.39 is 82.5 Å². The normalized spacial score (nSPS) is 14.4. The van der Waals surface area contributed by atoms with Crippen LogP contribution in [0.1, 0.15) is 188 Å².